The molecule has 5 nitrogen and oxygen atoms in total. The van der Waals surface area contributed by atoms with E-state index in [-0.39, 0.29) is 11.2 Å². The SMILES string of the molecule is Nc1c(-c2cccc3[nH]ncc23)c2ccc3ccccc3c2[nH]c1=O. The number of H-pyrrole nitrogens is 2. The van der Waals surface area contributed by atoms with Crippen LogP contribution in [0, 0.1) is 0 Å². The zero-order chi connectivity index (χ0) is 17.0. The number of pyridine rings is 1. The summed E-state index contributed by atoms with van der Waals surface area (Å²) in [7, 11) is 0. The number of nitrogen functional groups attached to an aromatic ring is 1. The molecule has 120 valence electrons. The van der Waals surface area contributed by atoms with Crippen LogP contribution < -0.4 is 11.3 Å². The molecule has 0 radical (unpaired) electrons. The fraction of sp³-hybridized carbons (Fsp3) is 0. The summed E-state index contributed by atoms with van der Waals surface area (Å²) in [6.07, 6.45) is 1.76. The first-order valence-electron chi connectivity index (χ1n) is 8.00. The summed E-state index contributed by atoms with van der Waals surface area (Å²) in [6, 6.07) is 17.9. The number of rotatable bonds is 1. The summed E-state index contributed by atoms with van der Waals surface area (Å²) in [6.45, 7) is 0. The van der Waals surface area contributed by atoms with Gasteiger partial charge in [0, 0.05) is 21.7 Å². The number of anilines is 1. The highest BCUT2D eigenvalue weighted by atomic mass is 16.1. The summed E-state index contributed by atoms with van der Waals surface area (Å²) >= 11 is 0. The van der Waals surface area contributed by atoms with Gasteiger partial charge in [0.05, 0.1) is 17.2 Å². The minimum Gasteiger partial charge on any atom is -0.394 e. The van der Waals surface area contributed by atoms with Crippen LogP contribution in [0.5, 0.6) is 0 Å². The Morgan fingerprint density at radius 2 is 1.76 bits per heavy atom. The van der Waals surface area contributed by atoms with Gasteiger partial charge in [-0.1, -0.05) is 48.5 Å². The van der Waals surface area contributed by atoms with Gasteiger partial charge in [0.15, 0.2) is 0 Å². The zero-order valence-corrected chi connectivity index (χ0v) is 13.2. The topological polar surface area (TPSA) is 87.6 Å². The van der Waals surface area contributed by atoms with Crippen LogP contribution in [0.4, 0.5) is 5.69 Å². The van der Waals surface area contributed by atoms with Gasteiger partial charge in [0.1, 0.15) is 5.69 Å². The molecule has 2 aromatic heterocycles. The number of hydrogen-bond acceptors (Lipinski definition) is 3. The van der Waals surface area contributed by atoms with E-state index in [2.05, 4.69) is 21.2 Å². The summed E-state index contributed by atoms with van der Waals surface area (Å²) in [4.78, 5) is 15.5. The fourth-order valence-corrected chi connectivity index (χ4v) is 3.53. The lowest BCUT2D eigenvalue weighted by Crippen LogP contribution is -2.13. The number of aromatic nitrogens is 3. The Kier molecular flexibility index (Phi) is 2.73. The smallest absolute Gasteiger partial charge is 0.272 e. The number of nitrogens with one attached hydrogen (secondary N) is 2. The highest BCUT2D eigenvalue weighted by molar-refractivity contribution is 6.14. The first-order valence-corrected chi connectivity index (χ1v) is 8.00. The molecule has 5 aromatic rings. The average Bonchev–Trinajstić information content (AvgIpc) is 3.12. The van der Waals surface area contributed by atoms with Gasteiger partial charge in [0.2, 0.25) is 0 Å². The summed E-state index contributed by atoms with van der Waals surface area (Å²) in [5.41, 5.74) is 9.50. The molecule has 0 saturated carbocycles. The molecule has 4 N–H and O–H groups in total. The normalized spacial score (nSPS) is 11.5. The highest BCUT2D eigenvalue weighted by Crippen LogP contribution is 2.37. The number of nitrogens with two attached hydrogens (primary N) is 1. The van der Waals surface area contributed by atoms with Crippen molar-refractivity contribution in [3.05, 3.63) is 71.1 Å². The molecule has 5 rings (SSSR count). The van der Waals surface area contributed by atoms with Crippen molar-refractivity contribution >= 4 is 38.3 Å². The molecule has 0 saturated heterocycles. The fourth-order valence-electron chi connectivity index (χ4n) is 3.53. The van der Waals surface area contributed by atoms with Gasteiger partial charge in [-0.3, -0.25) is 9.89 Å². The molecule has 0 aliphatic carbocycles. The minimum atomic E-state index is -0.278. The Bertz CT molecular complexity index is 1330. The molecule has 0 unspecified atom stereocenters. The first-order chi connectivity index (χ1) is 12.2. The van der Waals surface area contributed by atoms with Crippen molar-refractivity contribution in [1.82, 2.24) is 15.2 Å². The predicted molar refractivity (Wildman–Crippen MR) is 102 cm³/mol. The van der Waals surface area contributed by atoms with Gasteiger partial charge in [-0.05, 0) is 17.0 Å². The second kappa shape index (κ2) is 4.95. The molecule has 0 amide bonds. The maximum absolute atomic E-state index is 12.5. The molecule has 2 heterocycles. The second-order valence-corrected chi connectivity index (χ2v) is 6.09. The number of nitrogens with zero attached hydrogens (tertiary/aromatic N) is 1. The minimum absolute atomic E-state index is 0.219. The molecule has 5 heteroatoms. The van der Waals surface area contributed by atoms with Gasteiger partial charge >= 0.3 is 0 Å². The van der Waals surface area contributed by atoms with E-state index < -0.39 is 0 Å². The molecule has 0 aliphatic rings. The number of benzene rings is 3. The Balaban J connectivity index is 2.02. The van der Waals surface area contributed by atoms with Crippen LogP contribution in [-0.4, -0.2) is 15.2 Å². The predicted octanol–water partition coefficient (Wildman–Crippen LogP) is 3.81. The van der Waals surface area contributed by atoms with Crippen LogP contribution in [-0.2, 0) is 0 Å². The van der Waals surface area contributed by atoms with Gasteiger partial charge in [0.25, 0.3) is 5.56 Å². The Morgan fingerprint density at radius 1 is 0.880 bits per heavy atom. The monoisotopic (exact) mass is 326 g/mol. The van der Waals surface area contributed by atoms with Crippen molar-refractivity contribution in [2.24, 2.45) is 0 Å². The third-order valence-corrected chi connectivity index (χ3v) is 4.70. The largest absolute Gasteiger partial charge is 0.394 e. The van der Waals surface area contributed by atoms with Crippen molar-refractivity contribution in [1.29, 1.82) is 0 Å². The van der Waals surface area contributed by atoms with Crippen molar-refractivity contribution in [3.8, 4) is 11.1 Å². The van der Waals surface area contributed by atoms with E-state index in [1.165, 1.54) is 0 Å². The summed E-state index contributed by atoms with van der Waals surface area (Å²) in [5, 5.41) is 11.0. The standard InChI is InChI=1S/C20H14N4O/c21-18-17(13-6-3-7-16-15(13)10-22-24-16)14-9-8-11-4-1-2-5-12(11)19(14)23-20(18)25/h1-10H,21H2,(H,22,24)(H,23,25). The highest BCUT2D eigenvalue weighted by Gasteiger charge is 2.16. The molecular weight excluding hydrogens is 312 g/mol. The lowest BCUT2D eigenvalue weighted by atomic mass is 9.95. The molecular formula is C20H14N4O. The second-order valence-electron chi connectivity index (χ2n) is 6.09. The number of fused-ring (bicyclic) bond motifs is 4. The van der Waals surface area contributed by atoms with Gasteiger partial charge in [-0.15, -0.1) is 0 Å². The lowest BCUT2D eigenvalue weighted by molar-refractivity contribution is 1.12. The third kappa shape index (κ3) is 1.89. The Morgan fingerprint density at radius 3 is 2.68 bits per heavy atom. The number of hydrogen-bond donors (Lipinski definition) is 3. The molecule has 0 aliphatic heterocycles. The molecule has 3 aromatic carbocycles. The molecule has 0 fully saturated rings. The zero-order valence-electron chi connectivity index (χ0n) is 13.2. The van der Waals surface area contributed by atoms with E-state index in [4.69, 9.17) is 5.73 Å². The first kappa shape index (κ1) is 13.8. The number of aromatic amines is 2. The van der Waals surface area contributed by atoms with Crippen LogP contribution in [0.2, 0.25) is 0 Å². The van der Waals surface area contributed by atoms with Crippen molar-refractivity contribution in [2.75, 3.05) is 5.73 Å². The summed E-state index contributed by atoms with van der Waals surface area (Å²) in [5.74, 6) is 0. The van der Waals surface area contributed by atoms with E-state index in [1.54, 1.807) is 6.20 Å². The van der Waals surface area contributed by atoms with Crippen LogP contribution in [0.3, 0.4) is 0 Å². The average molecular weight is 326 g/mol. The van der Waals surface area contributed by atoms with E-state index in [9.17, 15) is 4.79 Å². The van der Waals surface area contributed by atoms with E-state index in [0.717, 1.165) is 43.7 Å². The van der Waals surface area contributed by atoms with Crippen LogP contribution in [0.25, 0.3) is 43.7 Å². The Labute approximate surface area is 142 Å². The van der Waals surface area contributed by atoms with E-state index >= 15 is 0 Å². The summed E-state index contributed by atoms with van der Waals surface area (Å²) < 4.78 is 0. The quantitative estimate of drug-likeness (QED) is 0.409. The van der Waals surface area contributed by atoms with Crippen LogP contribution >= 0.6 is 0 Å². The molecule has 25 heavy (non-hydrogen) atoms. The van der Waals surface area contributed by atoms with E-state index in [1.807, 2.05) is 48.5 Å². The van der Waals surface area contributed by atoms with Crippen LogP contribution in [0.1, 0.15) is 0 Å². The van der Waals surface area contributed by atoms with Crippen molar-refractivity contribution in [2.45, 2.75) is 0 Å². The van der Waals surface area contributed by atoms with Crippen molar-refractivity contribution in [3.63, 3.8) is 0 Å². The van der Waals surface area contributed by atoms with Crippen LogP contribution in [0.15, 0.2) is 65.6 Å². The van der Waals surface area contributed by atoms with Crippen molar-refractivity contribution < 1.29 is 0 Å². The Hall–Kier alpha value is -3.60. The maximum Gasteiger partial charge on any atom is 0.272 e. The lowest BCUT2D eigenvalue weighted by Gasteiger charge is -2.12. The maximum atomic E-state index is 12.5. The third-order valence-electron chi connectivity index (χ3n) is 4.70. The van der Waals surface area contributed by atoms with Gasteiger partial charge < -0.3 is 10.7 Å². The van der Waals surface area contributed by atoms with Gasteiger partial charge in [-0.2, -0.15) is 5.10 Å². The molecule has 0 spiro atoms. The van der Waals surface area contributed by atoms with E-state index in [0.29, 0.717) is 0 Å². The molecule has 0 bridgehead atoms. The molecule has 0 atom stereocenters. The van der Waals surface area contributed by atoms with Gasteiger partial charge in [-0.25, -0.2) is 0 Å².